The predicted molar refractivity (Wildman–Crippen MR) is 55.1 cm³/mol. The molecule has 0 spiro atoms. The van der Waals surface area contributed by atoms with Crippen LogP contribution in [0, 0.1) is 0 Å². The van der Waals surface area contributed by atoms with Crippen molar-refractivity contribution in [2.45, 2.75) is 13.3 Å². The first-order chi connectivity index (χ1) is 5.88. The second kappa shape index (κ2) is 5.20. The molecule has 0 aliphatic carbocycles. The SMILES string of the molecule is CCBr.c1ccc2c(c1)CCO2. The summed E-state index contributed by atoms with van der Waals surface area (Å²) in [5, 5.41) is 1.06. The average Bonchev–Trinajstić information content (AvgIpc) is 2.52. The summed E-state index contributed by atoms with van der Waals surface area (Å²) >= 11 is 3.15. The minimum Gasteiger partial charge on any atom is -0.493 e. The highest BCUT2D eigenvalue weighted by Crippen LogP contribution is 2.23. The van der Waals surface area contributed by atoms with E-state index in [4.69, 9.17) is 4.74 Å². The Morgan fingerprint density at radius 1 is 1.42 bits per heavy atom. The first kappa shape index (κ1) is 9.59. The number of alkyl halides is 1. The second-order valence-corrected chi connectivity index (χ2v) is 3.59. The van der Waals surface area contributed by atoms with Gasteiger partial charge in [0.25, 0.3) is 0 Å². The molecule has 0 saturated heterocycles. The van der Waals surface area contributed by atoms with Gasteiger partial charge in [-0.25, -0.2) is 0 Å². The highest BCUT2D eigenvalue weighted by atomic mass is 79.9. The molecule has 0 aromatic heterocycles. The quantitative estimate of drug-likeness (QED) is 0.621. The molecule has 0 radical (unpaired) electrons. The predicted octanol–water partition coefficient (Wildman–Crippen LogP) is 3.02. The maximum Gasteiger partial charge on any atom is 0.122 e. The van der Waals surface area contributed by atoms with Gasteiger partial charge in [-0.15, -0.1) is 0 Å². The van der Waals surface area contributed by atoms with Gasteiger partial charge in [0, 0.05) is 11.8 Å². The van der Waals surface area contributed by atoms with Crippen LogP contribution in [-0.4, -0.2) is 11.9 Å². The van der Waals surface area contributed by atoms with Crippen molar-refractivity contribution in [3.8, 4) is 5.75 Å². The molecule has 1 nitrogen and oxygen atoms in total. The van der Waals surface area contributed by atoms with Crippen molar-refractivity contribution < 1.29 is 4.74 Å². The summed E-state index contributed by atoms with van der Waals surface area (Å²) in [6.45, 7) is 2.90. The molecule has 1 aliphatic heterocycles. The van der Waals surface area contributed by atoms with E-state index in [0.29, 0.717) is 0 Å². The molecule has 66 valence electrons. The van der Waals surface area contributed by atoms with Crippen molar-refractivity contribution in [1.82, 2.24) is 0 Å². The van der Waals surface area contributed by atoms with Crippen molar-refractivity contribution in [2.75, 3.05) is 11.9 Å². The Morgan fingerprint density at radius 2 is 2.08 bits per heavy atom. The van der Waals surface area contributed by atoms with Crippen LogP contribution in [-0.2, 0) is 6.42 Å². The van der Waals surface area contributed by atoms with E-state index in [1.54, 1.807) is 0 Å². The molecule has 1 aliphatic rings. The minimum absolute atomic E-state index is 0.860. The summed E-state index contributed by atoms with van der Waals surface area (Å²) in [5.74, 6) is 1.07. The van der Waals surface area contributed by atoms with Gasteiger partial charge in [-0.2, -0.15) is 0 Å². The Hall–Kier alpha value is -0.500. The lowest BCUT2D eigenvalue weighted by Gasteiger charge is -1.93. The van der Waals surface area contributed by atoms with E-state index in [1.807, 2.05) is 25.1 Å². The van der Waals surface area contributed by atoms with Gasteiger partial charge in [0.1, 0.15) is 5.75 Å². The van der Waals surface area contributed by atoms with Crippen molar-refractivity contribution >= 4 is 15.9 Å². The Morgan fingerprint density at radius 3 is 2.75 bits per heavy atom. The van der Waals surface area contributed by atoms with Crippen molar-refractivity contribution in [3.63, 3.8) is 0 Å². The zero-order chi connectivity index (χ0) is 8.81. The van der Waals surface area contributed by atoms with Crippen LogP contribution in [0.1, 0.15) is 12.5 Å². The van der Waals surface area contributed by atoms with Gasteiger partial charge in [-0.05, 0) is 11.6 Å². The number of rotatable bonds is 0. The summed E-state index contributed by atoms with van der Waals surface area (Å²) in [7, 11) is 0. The largest absolute Gasteiger partial charge is 0.493 e. The Balaban J connectivity index is 0.000000213. The third-order valence-electron chi connectivity index (χ3n) is 1.60. The van der Waals surface area contributed by atoms with Crippen molar-refractivity contribution in [2.24, 2.45) is 0 Å². The fraction of sp³-hybridized carbons (Fsp3) is 0.400. The third kappa shape index (κ3) is 2.52. The molecule has 1 aromatic rings. The molecule has 0 atom stereocenters. The van der Waals surface area contributed by atoms with E-state index in [1.165, 1.54) is 5.56 Å². The topological polar surface area (TPSA) is 9.23 Å². The van der Waals surface area contributed by atoms with Gasteiger partial charge in [-0.3, -0.25) is 0 Å². The minimum atomic E-state index is 0.860. The summed E-state index contributed by atoms with van der Waals surface area (Å²) in [6.07, 6.45) is 1.08. The van der Waals surface area contributed by atoms with E-state index in [0.717, 1.165) is 24.1 Å². The molecule has 1 aromatic carbocycles. The molecule has 2 rings (SSSR count). The van der Waals surface area contributed by atoms with Gasteiger partial charge >= 0.3 is 0 Å². The fourth-order valence-corrected chi connectivity index (χ4v) is 1.12. The smallest absolute Gasteiger partial charge is 0.122 e. The number of ether oxygens (including phenoxy) is 1. The van der Waals surface area contributed by atoms with Crippen LogP contribution in [0.5, 0.6) is 5.75 Å². The highest BCUT2D eigenvalue weighted by Gasteiger charge is 2.08. The molecular weight excluding hydrogens is 216 g/mol. The molecule has 0 bridgehead atoms. The molecule has 2 heteroatoms. The number of halogens is 1. The summed E-state index contributed by atoms with van der Waals surface area (Å²) in [5.41, 5.74) is 1.34. The highest BCUT2D eigenvalue weighted by molar-refractivity contribution is 9.09. The van der Waals surface area contributed by atoms with Crippen LogP contribution in [0.25, 0.3) is 0 Å². The van der Waals surface area contributed by atoms with Crippen LogP contribution in [0.15, 0.2) is 24.3 Å². The monoisotopic (exact) mass is 228 g/mol. The maximum absolute atomic E-state index is 5.30. The van der Waals surface area contributed by atoms with Gasteiger partial charge in [0.2, 0.25) is 0 Å². The van der Waals surface area contributed by atoms with Crippen LogP contribution >= 0.6 is 15.9 Å². The lowest BCUT2D eigenvalue weighted by molar-refractivity contribution is 0.357. The lowest BCUT2D eigenvalue weighted by Crippen LogP contribution is -1.85. The third-order valence-corrected chi connectivity index (χ3v) is 1.60. The number of hydrogen-bond donors (Lipinski definition) is 0. The van der Waals surface area contributed by atoms with Gasteiger partial charge in [-0.1, -0.05) is 41.1 Å². The number of para-hydroxylation sites is 1. The molecule has 0 amide bonds. The number of hydrogen-bond acceptors (Lipinski definition) is 1. The average molecular weight is 229 g/mol. The Bertz CT molecular complexity index is 212. The van der Waals surface area contributed by atoms with E-state index in [2.05, 4.69) is 22.0 Å². The summed E-state index contributed by atoms with van der Waals surface area (Å²) in [4.78, 5) is 0. The van der Waals surface area contributed by atoms with Crippen molar-refractivity contribution in [1.29, 1.82) is 0 Å². The van der Waals surface area contributed by atoms with E-state index in [-0.39, 0.29) is 0 Å². The molecule has 12 heavy (non-hydrogen) atoms. The normalized spacial score (nSPS) is 12.5. The molecular formula is C10H13BrO. The second-order valence-electron chi connectivity index (χ2n) is 2.47. The summed E-state index contributed by atoms with van der Waals surface area (Å²) in [6, 6.07) is 8.18. The molecule has 0 fully saturated rings. The van der Waals surface area contributed by atoms with Gasteiger partial charge in [0.05, 0.1) is 6.61 Å². The van der Waals surface area contributed by atoms with Gasteiger partial charge < -0.3 is 4.74 Å². The number of benzene rings is 1. The maximum atomic E-state index is 5.30. The molecule has 1 heterocycles. The first-order valence-corrected chi connectivity index (χ1v) is 5.27. The standard InChI is InChI=1S/C8H8O.C2H5Br/c1-2-4-8-7(3-1)5-6-9-8;1-2-3/h1-4H,5-6H2;2H2,1H3. The fourth-order valence-electron chi connectivity index (χ4n) is 1.12. The Labute approximate surface area is 81.9 Å². The van der Waals surface area contributed by atoms with Gasteiger partial charge in [0.15, 0.2) is 0 Å². The summed E-state index contributed by atoms with van der Waals surface area (Å²) < 4.78 is 5.30. The zero-order valence-corrected chi connectivity index (χ0v) is 8.80. The van der Waals surface area contributed by atoms with Crippen LogP contribution in [0.3, 0.4) is 0 Å². The first-order valence-electron chi connectivity index (χ1n) is 4.15. The van der Waals surface area contributed by atoms with Crippen molar-refractivity contribution in [3.05, 3.63) is 29.8 Å². The zero-order valence-electron chi connectivity index (χ0n) is 7.22. The molecule has 0 N–H and O–H groups in total. The van der Waals surface area contributed by atoms with E-state index in [9.17, 15) is 0 Å². The van der Waals surface area contributed by atoms with Crippen LogP contribution in [0.2, 0.25) is 0 Å². The van der Waals surface area contributed by atoms with Crippen LogP contribution < -0.4 is 4.74 Å². The lowest BCUT2D eigenvalue weighted by atomic mass is 10.2. The molecule has 0 saturated carbocycles. The number of fused-ring (bicyclic) bond motifs is 1. The van der Waals surface area contributed by atoms with E-state index < -0.39 is 0 Å². The van der Waals surface area contributed by atoms with E-state index >= 15 is 0 Å². The van der Waals surface area contributed by atoms with Crippen LogP contribution in [0.4, 0.5) is 0 Å². The Kier molecular flexibility index (Phi) is 4.15. The molecule has 0 unspecified atom stereocenters.